The van der Waals surface area contributed by atoms with Crippen LogP contribution in [0.2, 0.25) is 19.6 Å². The molecular formula is C26H23N3Si. The Balaban J connectivity index is 1.63. The minimum Gasteiger partial charge on any atom is -0.255 e. The molecule has 0 aliphatic rings. The highest BCUT2D eigenvalue weighted by molar-refractivity contribution is 6.83. The van der Waals surface area contributed by atoms with Gasteiger partial charge in [-0.05, 0) is 59.7 Å². The van der Waals surface area contributed by atoms with Gasteiger partial charge in [-0.3, -0.25) is 9.97 Å². The monoisotopic (exact) mass is 405 g/mol. The molecule has 4 rings (SSSR count). The van der Waals surface area contributed by atoms with Crippen LogP contribution in [0.3, 0.4) is 0 Å². The fourth-order valence-electron chi connectivity index (χ4n) is 2.99. The Labute approximate surface area is 178 Å². The molecule has 0 spiro atoms. The Morgan fingerprint density at radius 1 is 0.633 bits per heavy atom. The van der Waals surface area contributed by atoms with Crippen LogP contribution in [0.15, 0.2) is 85.2 Å². The summed E-state index contributed by atoms with van der Waals surface area (Å²) >= 11 is 0. The molecule has 0 saturated carbocycles. The summed E-state index contributed by atoms with van der Waals surface area (Å²) in [5.74, 6) is 3.31. The van der Waals surface area contributed by atoms with Gasteiger partial charge in [-0.1, -0.05) is 49.8 Å². The molecular weight excluding hydrogens is 382 g/mol. The normalized spacial score (nSPS) is 10.9. The summed E-state index contributed by atoms with van der Waals surface area (Å²) < 4.78 is 0. The van der Waals surface area contributed by atoms with Gasteiger partial charge in [0, 0.05) is 18.0 Å². The number of nitrogens with zero attached hydrogens (tertiary/aromatic N) is 3. The molecule has 4 heteroatoms. The van der Waals surface area contributed by atoms with E-state index in [0.29, 0.717) is 0 Å². The molecule has 3 aromatic heterocycles. The van der Waals surface area contributed by atoms with E-state index < -0.39 is 8.07 Å². The number of aromatic nitrogens is 3. The fraction of sp³-hybridized carbons (Fsp3) is 0.115. The van der Waals surface area contributed by atoms with E-state index in [4.69, 9.17) is 4.98 Å². The van der Waals surface area contributed by atoms with E-state index >= 15 is 0 Å². The molecule has 146 valence electrons. The van der Waals surface area contributed by atoms with Crippen molar-refractivity contribution in [1.29, 1.82) is 0 Å². The van der Waals surface area contributed by atoms with Crippen LogP contribution in [-0.2, 0) is 0 Å². The van der Waals surface area contributed by atoms with Crippen molar-refractivity contribution in [1.82, 2.24) is 15.0 Å². The van der Waals surface area contributed by atoms with Crippen molar-refractivity contribution < 1.29 is 0 Å². The van der Waals surface area contributed by atoms with Crippen LogP contribution in [0.1, 0.15) is 5.56 Å². The molecule has 4 aromatic rings. The third-order valence-corrected chi connectivity index (χ3v) is 5.37. The smallest absolute Gasteiger partial charge is 0.129 e. The van der Waals surface area contributed by atoms with Gasteiger partial charge in [-0.25, -0.2) is 4.98 Å². The minimum absolute atomic E-state index is 0.831. The first-order valence-corrected chi connectivity index (χ1v) is 13.5. The molecule has 0 amide bonds. The Bertz CT molecular complexity index is 1210. The Morgan fingerprint density at radius 3 is 2.03 bits per heavy atom. The number of hydrogen-bond acceptors (Lipinski definition) is 3. The van der Waals surface area contributed by atoms with Crippen LogP contribution in [0.25, 0.3) is 33.9 Å². The van der Waals surface area contributed by atoms with Gasteiger partial charge in [0.1, 0.15) is 8.07 Å². The second-order valence-corrected chi connectivity index (χ2v) is 12.9. The van der Waals surface area contributed by atoms with Crippen LogP contribution in [-0.4, -0.2) is 23.0 Å². The lowest BCUT2D eigenvalue weighted by molar-refractivity contribution is 1.22. The number of rotatable bonds is 3. The lowest BCUT2D eigenvalue weighted by Crippen LogP contribution is -2.16. The van der Waals surface area contributed by atoms with Crippen molar-refractivity contribution in [3.05, 3.63) is 90.8 Å². The predicted octanol–water partition coefficient (Wildman–Crippen LogP) is 6.10. The number of benzene rings is 1. The maximum Gasteiger partial charge on any atom is 0.129 e. The van der Waals surface area contributed by atoms with Crippen molar-refractivity contribution in [3.8, 4) is 45.4 Å². The van der Waals surface area contributed by atoms with Gasteiger partial charge >= 0.3 is 0 Å². The van der Waals surface area contributed by atoms with E-state index in [1.165, 1.54) is 0 Å². The van der Waals surface area contributed by atoms with E-state index in [0.717, 1.165) is 39.5 Å². The lowest BCUT2D eigenvalue weighted by Gasteiger charge is -2.07. The zero-order valence-corrected chi connectivity index (χ0v) is 18.4. The molecule has 0 saturated heterocycles. The SMILES string of the molecule is C[Si](C)(C)C#Cc1ccc(-c2ccnc(-c3cccc(-c4ccccn4)n3)c2)cc1. The maximum absolute atomic E-state index is 4.77. The van der Waals surface area contributed by atoms with E-state index in [9.17, 15) is 0 Å². The average Bonchev–Trinajstić information content (AvgIpc) is 2.78. The molecule has 0 aliphatic heterocycles. The molecule has 3 nitrogen and oxygen atoms in total. The summed E-state index contributed by atoms with van der Waals surface area (Å²) in [6, 6.07) is 24.3. The van der Waals surface area contributed by atoms with Crippen molar-refractivity contribution in [2.75, 3.05) is 0 Å². The molecule has 0 atom stereocenters. The van der Waals surface area contributed by atoms with Crippen molar-refractivity contribution in [2.45, 2.75) is 19.6 Å². The number of pyridine rings is 3. The van der Waals surface area contributed by atoms with Gasteiger partial charge in [0.2, 0.25) is 0 Å². The summed E-state index contributed by atoms with van der Waals surface area (Å²) in [5, 5.41) is 0. The van der Waals surface area contributed by atoms with Crippen molar-refractivity contribution >= 4 is 8.07 Å². The lowest BCUT2D eigenvalue weighted by atomic mass is 10.0. The minimum atomic E-state index is -1.37. The molecule has 0 unspecified atom stereocenters. The third-order valence-electron chi connectivity index (χ3n) is 4.50. The highest BCUT2D eigenvalue weighted by Gasteiger charge is 2.08. The zero-order chi connectivity index (χ0) is 21.0. The second-order valence-electron chi connectivity index (χ2n) is 8.13. The van der Waals surface area contributed by atoms with E-state index in [2.05, 4.69) is 71.4 Å². The van der Waals surface area contributed by atoms with Crippen LogP contribution in [0.4, 0.5) is 0 Å². The van der Waals surface area contributed by atoms with Gasteiger partial charge in [0.05, 0.1) is 22.8 Å². The number of hydrogen-bond donors (Lipinski definition) is 0. The molecule has 0 bridgehead atoms. The molecule has 0 N–H and O–H groups in total. The maximum atomic E-state index is 4.77. The van der Waals surface area contributed by atoms with Crippen LogP contribution in [0.5, 0.6) is 0 Å². The van der Waals surface area contributed by atoms with Crippen LogP contribution < -0.4 is 0 Å². The first-order chi connectivity index (χ1) is 14.5. The predicted molar refractivity (Wildman–Crippen MR) is 126 cm³/mol. The Kier molecular flexibility index (Phi) is 5.56. The van der Waals surface area contributed by atoms with Crippen LogP contribution >= 0.6 is 0 Å². The fourth-order valence-corrected chi connectivity index (χ4v) is 3.51. The highest BCUT2D eigenvalue weighted by Crippen LogP contribution is 2.25. The highest BCUT2D eigenvalue weighted by atomic mass is 28.3. The largest absolute Gasteiger partial charge is 0.255 e. The van der Waals surface area contributed by atoms with Crippen LogP contribution in [0, 0.1) is 11.5 Å². The zero-order valence-electron chi connectivity index (χ0n) is 17.4. The first kappa shape index (κ1) is 19.7. The van der Waals surface area contributed by atoms with Crippen molar-refractivity contribution in [3.63, 3.8) is 0 Å². The third kappa shape index (κ3) is 4.89. The summed E-state index contributed by atoms with van der Waals surface area (Å²) in [6.45, 7) is 6.76. The first-order valence-electron chi connectivity index (χ1n) is 9.96. The molecule has 0 fully saturated rings. The van der Waals surface area contributed by atoms with Gasteiger partial charge in [-0.2, -0.15) is 0 Å². The van der Waals surface area contributed by atoms with E-state index in [1.807, 2.05) is 48.7 Å². The van der Waals surface area contributed by atoms with Gasteiger partial charge in [-0.15, -0.1) is 5.54 Å². The summed E-state index contributed by atoms with van der Waals surface area (Å²) in [4.78, 5) is 13.7. The molecule has 0 aliphatic carbocycles. The van der Waals surface area contributed by atoms with Gasteiger partial charge < -0.3 is 0 Å². The topological polar surface area (TPSA) is 38.7 Å². The molecule has 0 radical (unpaired) electrons. The Hall–Kier alpha value is -3.55. The summed E-state index contributed by atoms with van der Waals surface area (Å²) in [5.41, 5.74) is 10.1. The summed E-state index contributed by atoms with van der Waals surface area (Å²) in [6.07, 6.45) is 3.61. The molecule has 3 heterocycles. The van der Waals surface area contributed by atoms with E-state index in [-0.39, 0.29) is 0 Å². The Morgan fingerprint density at radius 2 is 1.33 bits per heavy atom. The average molecular weight is 406 g/mol. The molecule has 1 aromatic carbocycles. The van der Waals surface area contributed by atoms with Gasteiger partial charge in [0.15, 0.2) is 0 Å². The summed E-state index contributed by atoms with van der Waals surface area (Å²) in [7, 11) is -1.37. The van der Waals surface area contributed by atoms with Gasteiger partial charge in [0.25, 0.3) is 0 Å². The standard InChI is InChI=1S/C26H23N3Si/c1-30(2,3)18-15-20-10-12-21(13-11-20)22-14-17-28-26(19-22)25-9-6-8-24(29-25)23-7-4-5-16-27-23/h4-14,16-17,19H,1-3H3. The molecule has 30 heavy (non-hydrogen) atoms. The second kappa shape index (κ2) is 8.44. The quantitative estimate of drug-likeness (QED) is 0.305. The van der Waals surface area contributed by atoms with E-state index in [1.54, 1.807) is 6.20 Å². The van der Waals surface area contributed by atoms with Crippen molar-refractivity contribution in [2.24, 2.45) is 0 Å².